The molecule has 0 bridgehead atoms. The Balaban J connectivity index is 1.86. The van der Waals surface area contributed by atoms with Crippen LogP contribution in [0.25, 0.3) is 56.2 Å². The minimum Gasteiger partial charge on any atom is -0.455 e. The van der Waals surface area contributed by atoms with Crippen LogP contribution in [0.15, 0.2) is 71.7 Å². The summed E-state index contributed by atoms with van der Waals surface area (Å²) in [5, 5.41) is 3.50. The maximum atomic E-state index is 6.58. The monoisotopic (exact) mass is 396 g/mol. The number of aromatic nitrogens is 2. The lowest BCUT2D eigenvalue weighted by atomic mass is 10.0. The molecule has 4 heteroatoms. The molecule has 140 valence electrons. The fourth-order valence-electron chi connectivity index (χ4n) is 3.77. The zero-order chi connectivity index (χ0) is 20.0. The van der Waals surface area contributed by atoms with Crippen LogP contribution in [-0.2, 0) is 0 Å². The van der Waals surface area contributed by atoms with Gasteiger partial charge in [-0.15, -0.1) is 0 Å². The first kappa shape index (κ1) is 17.7. The van der Waals surface area contributed by atoms with E-state index in [1.807, 2.05) is 61.5 Å². The molecule has 0 aliphatic carbocycles. The van der Waals surface area contributed by atoms with Crippen LogP contribution >= 0.6 is 11.6 Å². The predicted molar refractivity (Wildman–Crippen MR) is 122 cm³/mol. The van der Waals surface area contributed by atoms with E-state index >= 15 is 0 Å². The van der Waals surface area contributed by atoms with Crippen LogP contribution in [0.1, 0.15) is 18.2 Å². The van der Waals surface area contributed by atoms with Crippen LogP contribution in [0.5, 0.6) is 0 Å². The van der Waals surface area contributed by atoms with Crippen molar-refractivity contribution in [2.75, 3.05) is 0 Å². The Hall–Kier alpha value is -3.43. The summed E-state index contributed by atoms with van der Waals surface area (Å²) in [6.07, 6.45) is 5.73. The summed E-state index contributed by atoms with van der Waals surface area (Å²) in [6, 6.07) is 18.1. The highest BCUT2D eigenvalue weighted by molar-refractivity contribution is 6.32. The fourth-order valence-corrected chi connectivity index (χ4v) is 4.01. The third-order valence-corrected chi connectivity index (χ3v) is 5.34. The predicted octanol–water partition coefficient (Wildman–Crippen LogP) is 7.53. The second-order valence-electron chi connectivity index (χ2n) is 6.78. The number of allylic oxidation sites excluding steroid dienone is 1. The van der Waals surface area contributed by atoms with Gasteiger partial charge in [-0.05, 0) is 30.5 Å². The van der Waals surface area contributed by atoms with Gasteiger partial charge in [0.25, 0.3) is 0 Å². The number of hydrogen-bond acceptors (Lipinski definition) is 3. The first-order chi connectivity index (χ1) is 14.2. The molecule has 0 aliphatic rings. The van der Waals surface area contributed by atoms with Crippen molar-refractivity contribution in [2.45, 2.75) is 6.92 Å². The molecule has 0 N–H and O–H groups in total. The first-order valence-corrected chi connectivity index (χ1v) is 9.75. The van der Waals surface area contributed by atoms with Crippen molar-refractivity contribution in [3.05, 3.63) is 83.7 Å². The van der Waals surface area contributed by atoms with E-state index in [0.29, 0.717) is 10.8 Å². The van der Waals surface area contributed by atoms with Crippen LogP contribution < -0.4 is 0 Å². The van der Waals surface area contributed by atoms with Gasteiger partial charge in [0.05, 0.1) is 11.0 Å². The molecule has 5 rings (SSSR count). The summed E-state index contributed by atoms with van der Waals surface area (Å²) < 4.78 is 6.15. The molecule has 0 spiro atoms. The lowest BCUT2D eigenvalue weighted by Gasteiger charge is -2.08. The normalized spacial score (nSPS) is 11.8. The van der Waals surface area contributed by atoms with Crippen LogP contribution in [-0.4, -0.2) is 9.97 Å². The molecular formula is C25H17ClN2O. The van der Waals surface area contributed by atoms with Gasteiger partial charge in [-0.2, -0.15) is 0 Å². The lowest BCUT2D eigenvalue weighted by Crippen LogP contribution is -1.93. The maximum absolute atomic E-state index is 6.58. The zero-order valence-electron chi connectivity index (χ0n) is 15.8. The Morgan fingerprint density at radius 2 is 1.79 bits per heavy atom. The van der Waals surface area contributed by atoms with Crippen molar-refractivity contribution in [3.8, 4) is 11.3 Å². The van der Waals surface area contributed by atoms with E-state index in [2.05, 4.69) is 23.7 Å². The minimum absolute atomic E-state index is 0.351. The summed E-state index contributed by atoms with van der Waals surface area (Å²) >= 11 is 6.58. The van der Waals surface area contributed by atoms with Gasteiger partial charge in [-0.1, -0.05) is 72.8 Å². The highest BCUT2D eigenvalue weighted by atomic mass is 35.5. The third-order valence-electron chi connectivity index (χ3n) is 5.07. The Bertz CT molecular complexity index is 1450. The number of benzene rings is 3. The van der Waals surface area contributed by atoms with Crippen molar-refractivity contribution in [1.29, 1.82) is 0 Å². The summed E-state index contributed by atoms with van der Waals surface area (Å²) in [4.78, 5) is 9.56. The van der Waals surface area contributed by atoms with Crippen LogP contribution in [0.4, 0.5) is 0 Å². The molecule has 0 saturated carbocycles. The minimum atomic E-state index is 0.351. The summed E-state index contributed by atoms with van der Waals surface area (Å²) in [7, 11) is 0. The van der Waals surface area contributed by atoms with Crippen LogP contribution in [0.3, 0.4) is 0 Å². The van der Waals surface area contributed by atoms with Crippen molar-refractivity contribution in [1.82, 2.24) is 9.97 Å². The van der Waals surface area contributed by atoms with Gasteiger partial charge in [0, 0.05) is 21.9 Å². The first-order valence-electron chi connectivity index (χ1n) is 9.37. The number of furan rings is 1. The molecule has 0 saturated heterocycles. The summed E-state index contributed by atoms with van der Waals surface area (Å²) in [5.74, 6) is 0.723. The molecule has 0 fully saturated rings. The van der Waals surface area contributed by atoms with Gasteiger partial charge in [0.2, 0.25) is 0 Å². The molecule has 2 aromatic heterocycles. The van der Waals surface area contributed by atoms with Crippen LogP contribution in [0.2, 0.25) is 5.15 Å². The molecule has 29 heavy (non-hydrogen) atoms. The molecule has 0 aliphatic heterocycles. The topological polar surface area (TPSA) is 38.9 Å². The van der Waals surface area contributed by atoms with E-state index in [1.54, 1.807) is 6.08 Å². The van der Waals surface area contributed by atoms with Gasteiger partial charge in [-0.3, -0.25) is 0 Å². The SMILES string of the molecule is C=Cc1oc2c(-c3nc4c(ccc5ccccc54)nc3Cl)cccc2c1/C=C\C. The van der Waals surface area contributed by atoms with Gasteiger partial charge < -0.3 is 4.42 Å². The fraction of sp³-hybridized carbons (Fsp3) is 0.0400. The van der Waals surface area contributed by atoms with Crippen LogP contribution in [0, 0.1) is 0 Å². The van der Waals surface area contributed by atoms with Crippen molar-refractivity contribution in [3.63, 3.8) is 0 Å². The highest BCUT2D eigenvalue weighted by Crippen LogP contribution is 2.38. The maximum Gasteiger partial charge on any atom is 0.156 e. The molecule has 3 nitrogen and oxygen atoms in total. The van der Waals surface area contributed by atoms with E-state index < -0.39 is 0 Å². The number of nitrogens with zero attached hydrogens (tertiary/aromatic N) is 2. The van der Waals surface area contributed by atoms with E-state index in [-0.39, 0.29) is 0 Å². The molecular weight excluding hydrogens is 380 g/mol. The van der Waals surface area contributed by atoms with E-state index in [4.69, 9.17) is 21.0 Å². The molecule has 5 aromatic rings. The molecule has 2 heterocycles. The smallest absolute Gasteiger partial charge is 0.156 e. The van der Waals surface area contributed by atoms with Gasteiger partial charge in [0.15, 0.2) is 5.15 Å². The number of para-hydroxylation sites is 1. The standard InChI is InChI=1S/C25H17ClN2O/c1-3-8-17-18-11-7-12-19(24(18)29-21(17)4-2)23-25(26)27-20-14-13-15-9-5-6-10-16(15)22(20)28-23/h3-14H,2H2,1H3/b8-3-. The van der Waals surface area contributed by atoms with Gasteiger partial charge >= 0.3 is 0 Å². The molecule has 0 atom stereocenters. The summed E-state index contributed by atoms with van der Waals surface area (Å²) in [5.41, 5.74) is 4.74. The van der Waals surface area contributed by atoms with Crippen molar-refractivity contribution < 1.29 is 4.42 Å². The lowest BCUT2D eigenvalue weighted by molar-refractivity contribution is 0.604. The van der Waals surface area contributed by atoms with Crippen molar-refractivity contribution in [2.24, 2.45) is 0 Å². The van der Waals surface area contributed by atoms with Gasteiger partial charge in [0.1, 0.15) is 17.0 Å². The third kappa shape index (κ3) is 2.74. The average Bonchev–Trinajstić information content (AvgIpc) is 3.11. The number of halogens is 1. The summed E-state index contributed by atoms with van der Waals surface area (Å²) in [6.45, 7) is 5.86. The Labute approximate surface area is 173 Å². The van der Waals surface area contributed by atoms with E-state index in [0.717, 1.165) is 49.7 Å². The molecule has 0 unspecified atom stereocenters. The second kappa shape index (κ2) is 6.87. The highest BCUT2D eigenvalue weighted by Gasteiger charge is 2.18. The number of fused-ring (bicyclic) bond motifs is 4. The average molecular weight is 397 g/mol. The number of rotatable bonds is 3. The second-order valence-corrected chi connectivity index (χ2v) is 7.14. The largest absolute Gasteiger partial charge is 0.455 e. The Kier molecular flexibility index (Phi) is 4.18. The zero-order valence-corrected chi connectivity index (χ0v) is 16.6. The Morgan fingerprint density at radius 1 is 0.966 bits per heavy atom. The molecule has 0 radical (unpaired) electrons. The molecule has 3 aromatic carbocycles. The van der Waals surface area contributed by atoms with E-state index in [1.165, 1.54) is 0 Å². The Morgan fingerprint density at radius 3 is 2.62 bits per heavy atom. The number of hydrogen-bond donors (Lipinski definition) is 0. The van der Waals surface area contributed by atoms with Gasteiger partial charge in [-0.25, -0.2) is 9.97 Å². The van der Waals surface area contributed by atoms with E-state index in [9.17, 15) is 0 Å². The van der Waals surface area contributed by atoms with Crippen molar-refractivity contribution >= 4 is 56.5 Å². The molecule has 0 amide bonds. The quantitative estimate of drug-likeness (QED) is 0.296.